The smallest absolute Gasteiger partial charge is 0.306 e. The van der Waals surface area contributed by atoms with Crippen LogP contribution in [0.4, 0.5) is 0 Å². The number of halogens is 2. The molecule has 0 saturated heterocycles. The fourth-order valence-corrected chi connectivity index (χ4v) is 3.13. The number of ketones is 1. The number of aromatic hydroxyl groups is 1. The van der Waals surface area contributed by atoms with E-state index in [1.165, 1.54) is 0 Å². The maximum Gasteiger partial charge on any atom is 0.306 e. The van der Waals surface area contributed by atoms with Gasteiger partial charge in [-0.1, -0.05) is 17.7 Å². The molecule has 0 radical (unpaired) electrons. The Bertz CT molecular complexity index is 925. The Labute approximate surface area is 169 Å². The molecule has 6 nitrogen and oxygen atoms in total. The Balaban J connectivity index is 2.30. The third-order valence-corrected chi connectivity index (χ3v) is 4.68. The molecule has 0 aliphatic rings. The van der Waals surface area contributed by atoms with Gasteiger partial charge in [0.1, 0.15) is 5.69 Å². The molecule has 1 N–H and O–H groups in total. The van der Waals surface area contributed by atoms with E-state index in [2.05, 4.69) is 27.0 Å². The summed E-state index contributed by atoms with van der Waals surface area (Å²) in [5, 5.41) is 19.8. The number of nitriles is 1. The summed E-state index contributed by atoms with van der Waals surface area (Å²) >= 11 is 9.39. The second-order valence-electron chi connectivity index (χ2n) is 5.58. The number of hydrogen-bond acceptors (Lipinski definition) is 6. The minimum absolute atomic E-state index is 0.0985. The minimum atomic E-state index is -0.490. The van der Waals surface area contributed by atoms with E-state index in [0.29, 0.717) is 21.8 Å². The van der Waals surface area contributed by atoms with Crippen molar-refractivity contribution >= 4 is 39.3 Å². The zero-order chi connectivity index (χ0) is 20.0. The largest absolute Gasteiger partial charge is 0.504 e. The molecule has 140 valence electrons. The monoisotopic (exact) mass is 450 g/mol. The lowest BCUT2D eigenvalue weighted by Crippen LogP contribution is -2.10. The molecule has 2 aromatic rings. The van der Waals surface area contributed by atoms with Gasteiger partial charge in [-0.05, 0) is 46.6 Å². The molecule has 0 fully saturated rings. The highest BCUT2D eigenvalue weighted by atomic mass is 79.9. The van der Waals surface area contributed by atoms with Crippen LogP contribution < -0.4 is 0 Å². The molecule has 8 heteroatoms. The van der Waals surface area contributed by atoms with Gasteiger partial charge in [0.15, 0.2) is 11.5 Å². The molecule has 1 heterocycles. The third kappa shape index (κ3) is 5.28. The van der Waals surface area contributed by atoms with Crippen LogP contribution in [0.25, 0.3) is 0 Å². The first kappa shape index (κ1) is 20.9. The van der Waals surface area contributed by atoms with E-state index >= 15 is 0 Å². The average Bonchev–Trinajstić information content (AvgIpc) is 2.64. The molecule has 0 atom stereocenters. The van der Waals surface area contributed by atoms with Gasteiger partial charge in [-0.25, -0.2) is 4.98 Å². The van der Waals surface area contributed by atoms with Crippen LogP contribution >= 0.6 is 27.5 Å². The standard InChI is InChI=1S/C19H16BrClN2O4/c1-2-27-17(25)7-6-16(24)18-19(26)14(20)9-12(23-18)8-13-11(10-22)4-3-5-15(13)21/h3-5,9,26H,2,6-8H2,1H3. The van der Waals surface area contributed by atoms with Crippen molar-refractivity contribution in [3.05, 3.63) is 56.3 Å². The zero-order valence-electron chi connectivity index (χ0n) is 14.5. The van der Waals surface area contributed by atoms with Crippen LogP contribution in [-0.2, 0) is 16.0 Å². The van der Waals surface area contributed by atoms with Crippen molar-refractivity contribution in [2.75, 3.05) is 6.61 Å². The van der Waals surface area contributed by atoms with E-state index in [4.69, 9.17) is 16.3 Å². The van der Waals surface area contributed by atoms with Crippen LogP contribution in [0.1, 0.15) is 47.1 Å². The predicted octanol–water partition coefficient (Wildman–Crippen LogP) is 4.19. The number of aromatic nitrogens is 1. The van der Waals surface area contributed by atoms with Gasteiger partial charge in [0.05, 0.1) is 29.1 Å². The second-order valence-corrected chi connectivity index (χ2v) is 6.84. The van der Waals surface area contributed by atoms with Gasteiger partial charge in [0.2, 0.25) is 0 Å². The molecule has 0 spiro atoms. The van der Waals surface area contributed by atoms with Crippen LogP contribution in [-0.4, -0.2) is 28.4 Å². The maximum atomic E-state index is 12.4. The fraction of sp³-hybridized carbons (Fsp3) is 0.263. The molecule has 0 amide bonds. The Kier molecular flexibility index (Phi) is 7.34. The zero-order valence-corrected chi connectivity index (χ0v) is 16.8. The minimum Gasteiger partial charge on any atom is -0.504 e. The van der Waals surface area contributed by atoms with E-state index in [1.54, 1.807) is 31.2 Å². The number of hydrogen-bond donors (Lipinski definition) is 1. The molecule has 1 aromatic carbocycles. The molecule has 0 unspecified atom stereocenters. The molecule has 27 heavy (non-hydrogen) atoms. The highest BCUT2D eigenvalue weighted by Gasteiger charge is 2.20. The summed E-state index contributed by atoms with van der Waals surface area (Å²) in [6.45, 7) is 1.91. The van der Waals surface area contributed by atoms with E-state index < -0.39 is 11.8 Å². The Morgan fingerprint density at radius 1 is 1.37 bits per heavy atom. The molecule has 0 bridgehead atoms. The van der Waals surface area contributed by atoms with Crippen molar-refractivity contribution < 1.29 is 19.4 Å². The lowest BCUT2D eigenvalue weighted by molar-refractivity contribution is -0.143. The quantitative estimate of drug-likeness (QED) is 0.500. The number of rotatable bonds is 7. The molecular formula is C19H16BrClN2O4. The van der Waals surface area contributed by atoms with Gasteiger partial charge in [-0.15, -0.1) is 0 Å². The first-order valence-corrected chi connectivity index (χ1v) is 9.29. The summed E-state index contributed by atoms with van der Waals surface area (Å²) < 4.78 is 5.08. The van der Waals surface area contributed by atoms with Crippen molar-refractivity contribution in [2.45, 2.75) is 26.2 Å². The Hall–Kier alpha value is -2.43. The Morgan fingerprint density at radius 2 is 2.11 bits per heavy atom. The molecule has 1 aromatic heterocycles. The van der Waals surface area contributed by atoms with Gasteiger partial charge < -0.3 is 9.84 Å². The highest BCUT2D eigenvalue weighted by molar-refractivity contribution is 9.10. The van der Waals surface area contributed by atoms with Gasteiger partial charge in [0, 0.05) is 23.6 Å². The van der Waals surface area contributed by atoms with Crippen LogP contribution in [0.3, 0.4) is 0 Å². The summed E-state index contributed by atoms with van der Waals surface area (Å²) in [5.74, 6) is -1.27. The predicted molar refractivity (Wildman–Crippen MR) is 103 cm³/mol. The van der Waals surface area contributed by atoms with Gasteiger partial charge in [-0.2, -0.15) is 5.26 Å². The number of esters is 1. The summed E-state index contributed by atoms with van der Waals surface area (Å²) in [7, 11) is 0. The SMILES string of the molecule is CCOC(=O)CCC(=O)c1nc(Cc2c(Cl)cccc2C#N)cc(Br)c1O. The summed E-state index contributed by atoms with van der Waals surface area (Å²) in [5.41, 5.74) is 1.29. The fourth-order valence-electron chi connectivity index (χ4n) is 2.43. The average molecular weight is 452 g/mol. The van der Waals surface area contributed by atoms with E-state index in [0.717, 1.165) is 0 Å². The van der Waals surface area contributed by atoms with Crippen molar-refractivity contribution in [2.24, 2.45) is 0 Å². The molecular weight excluding hydrogens is 436 g/mol. The first-order valence-electron chi connectivity index (χ1n) is 8.12. The summed E-state index contributed by atoms with van der Waals surface area (Å²) in [6.07, 6.45) is -0.0246. The topological polar surface area (TPSA) is 100 Å². The van der Waals surface area contributed by atoms with E-state index in [9.17, 15) is 20.0 Å². The van der Waals surface area contributed by atoms with Crippen LogP contribution in [0.5, 0.6) is 5.75 Å². The maximum absolute atomic E-state index is 12.4. The molecule has 0 aliphatic carbocycles. The first-order chi connectivity index (χ1) is 12.9. The van der Waals surface area contributed by atoms with Gasteiger partial charge in [0.25, 0.3) is 0 Å². The second kappa shape index (κ2) is 9.49. The van der Waals surface area contributed by atoms with Crippen molar-refractivity contribution in [1.29, 1.82) is 5.26 Å². The van der Waals surface area contributed by atoms with Crippen LogP contribution in [0.15, 0.2) is 28.7 Å². The molecule has 2 rings (SSSR count). The summed E-state index contributed by atoms with van der Waals surface area (Å²) in [4.78, 5) is 28.0. The number of Topliss-reactive ketones (excluding diaryl/α,β-unsaturated/α-hetero) is 1. The number of carbonyl (C=O) groups excluding carboxylic acids is 2. The number of ether oxygens (including phenoxy) is 1. The molecule has 0 aliphatic heterocycles. The van der Waals surface area contributed by atoms with Crippen molar-refractivity contribution in [3.63, 3.8) is 0 Å². The van der Waals surface area contributed by atoms with E-state index in [-0.39, 0.29) is 41.8 Å². The number of pyridine rings is 1. The van der Waals surface area contributed by atoms with Gasteiger partial charge >= 0.3 is 5.97 Å². The number of benzene rings is 1. The van der Waals surface area contributed by atoms with Crippen LogP contribution in [0.2, 0.25) is 5.02 Å². The summed E-state index contributed by atoms with van der Waals surface area (Å²) in [6, 6.07) is 8.61. The van der Waals surface area contributed by atoms with Crippen LogP contribution in [0, 0.1) is 11.3 Å². The lowest BCUT2D eigenvalue weighted by atomic mass is 10.0. The Morgan fingerprint density at radius 3 is 2.78 bits per heavy atom. The number of nitrogens with zero attached hydrogens (tertiary/aromatic N) is 2. The van der Waals surface area contributed by atoms with Crippen molar-refractivity contribution in [1.82, 2.24) is 4.98 Å². The third-order valence-electron chi connectivity index (χ3n) is 3.72. The number of carbonyl (C=O) groups is 2. The molecule has 0 saturated carbocycles. The van der Waals surface area contributed by atoms with Gasteiger partial charge in [-0.3, -0.25) is 9.59 Å². The normalized spacial score (nSPS) is 10.3. The van der Waals surface area contributed by atoms with Crippen molar-refractivity contribution in [3.8, 4) is 11.8 Å². The lowest BCUT2D eigenvalue weighted by Gasteiger charge is -2.10. The highest BCUT2D eigenvalue weighted by Crippen LogP contribution is 2.30. The van der Waals surface area contributed by atoms with E-state index in [1.807, 2.05) is 0 Å².